The Labute approximate surface area is 195 Å². The second-order valence-electron chi connectivity index (χ2n) is 7.68. The molecule has 1 aliphatic carbocycles. The molecule has 0 atom stereocenters. The number of hydrogen-bond acceptors (Lipinski definition) is 4. The number of benzene rings is 2. The average molecular weight is 444 g/mol. The summed E-state index contributed by atoms with van der Waals surface area (Å²) < 4.78 is 3.22. The molecule has 0 unspecified atom stereocenters. The zero-order valence-corrected chi connectivity index (χ0v) is 18.6. The van der Waals surface area contributed by atoms with Crippen LogP contribution in [-0.4, -0.2) is 10.4 Å². The Morgan fingerprint density at radius 1 is 0.939 bits per heavy atom. The summed E-state index contributed by atoms with van der Waals surface area (Å²) in [5.74, 6) is -0.160. The largest absolute Gasteiger partial charge is 0.343 e. The smallest absolute Gasteiger partial charge is 0.194 e. The summed E-state index contributed by atoms with van der Waals surface area (Å²) in [5.41, 5.74) is 5.22. The molecule has 156 valence electrons. The maximum Gasteiger partial charge on any atom is 0.194 e. The molecule has 2 aromatic heterocycles. The number of nitriles is 2. The number of rotatable bonds is 3. The van der Waals surface area contributed by atoms with E-state index in [-0.39, 0.29) is 11.4 Å². The fraction of sp³-hybridized carbons (Fsp3) is 0.0357. The molecule has 5 rings (SSSR count). The molecule has 0 saturated carbocycles. The van der Waals surface area contributed by atoms with Crippen molar-refractivity contribution in [3.8, 4) is 12.1 Å². The van der Waals surface area contributed by atoms with Crippen LogP contribution in [0.3, 0.4) is 0 Å². The van der Waals surface area contributed by atoms with Crippen LogP contribution in [0, 0.1) is 22.7 Å². The van der Waals surface area contributed by atoms with Crippen LogP contribution in [0.4, 0.5) is 0 Å². The van der Waals surface area contributed by atoms with Crippen molar-refractivity contribution in [2.45, 2.75) is 0 Å². The second-order valence-corrected chi connectivity index (χ2v) is 8.79. The quantitative estimate of drug-likeness (QED) is 0.268. The van der Waals surface area contributed by atoms with Crippen LogP contribution >= 0.6 is 11.3 Å². The van der Waals surface area contributed by atoms with Crippen LogP contribution in [0.5, 0.6) is 0 Å². The number of fused-ring (bicyclic) bond motifs is 2. The van der Waals surface area contributed by atoms with Gasteiger partial charge in [-0.25, -0.2) is 0 Å². The second kappa shape index (κ2) is 8.24. The van der Waals surface area contributed by atoms with E-state index in [4.69, 9.17) is 0 Å². The summed E-state index contributed by atoms with van der Waals surface area (Å²) in [7, 11) is 2.02. The number of thiophene rings is 1. The number of carbonyl (C=O) groups is 1. The summed E-state index contributed by atoms with van der Waals surface area (Å²) in [6, 6.07) is 25.3. The Kier molecular flexibility index (Phi) is 5.11. The Hall–Kier alpha value is -4.45. The van der Waals surface area contributed by atoms with Gasteiger partial charge in [-0.1, -0.05) is 60.7 Å². The van der Waals surface area contributed by atoms with E-state index in [1.807, 2.05) is 49.5 Å². The van der Waals surface area contributed by atoms with Gasteiger partial charge in [0.1, 0.15) is 17.7 Å². The fourth-order valence-electron chi connectivity index (χ4n) is 4.12. The lowest BCUT2D eigenvalue weighted by Gasteiger charge is -2.01. The summed E-state index contributed by atoms with van der Waals surface area (Å²) in [5, 5.41) is 19.0. The maximum absolute atomic E-state index is 13.1. The van der Waals surface area contributed by atoms with Crippen LogP contribution in [0.15, 0.2) is 77.9 Å². The molecule has 0 N–H and O–H groups in total. The molecule has 0 amide bonds. The van der Waals surface area contributed by atoms with Crippen LogP contribution < -0.4 is 0 Å². The summed E-state index contributed by atoms with van der Waals surface area (Å²) in [6.45, 7) is 0. The van der Waals surface area contributed by atoms with Crippen molar-refractivity contribution in [2.24, 2.45) is 7.05 Å². The highest BCUT2D eigenvalue weighted by Crippen LogP contribution is 2.41. The molecule has 2 heterocycles. The zero-order chi connectivity index (χ0) is 22.9. The monoisotopic (exact) mass is 443 g/mol. The van der Waals surface area contributed by atoms with Crippen LogP contribution in [0.1, 0.15) is 32.1 Å². The highest BCUT2D eigenvalue weighted by molar-refractivity contribution is 7.19. The minimum absolute atomic E-state index is 0.0472. The lowest BCUT2D eigenvalue weighted by molar-refractivity contribution is 0.104. The number of allylic oxidation sites excluding steroid dienone is 3. The lowest BCUT2D eigenvalue weighted by atomic mass is 9.99. The predicted octanol–water partition coefficient (Wildman–Crippen LogP) is 6.49. The molecule has 5 heteroatoms. The molecular formula is C28H17N3OS. The standard InChI is InChI=1S/C28H17N3OS/c1-31-20(12-11-18-7-3-2-4-8-18)13-26-25(31)15-21(33-26)14-24-27(19(16-29)17-30)22-9-5-6-10-23(22)28(24)32/h2-15H,1H3/b12-11+,24-14-. The van der Waals surface area contributed by atoms with Crippen molar-refractivity contribution in [2.75, 3.05) is 0 Å². The first-order valence-corrected chi connectivity index (χ1v) is 11.2. The van der Waals surface area contributed by atoms with E-state index in [1.54, 1.807) is 35.6 Å². The van der Waals surface area contributed by atoms with E-state index in [0.717, 1.165) is 26.4 Å². The molecule has 0 radical (unpaired) electrons. The number of nitrogens with zero attached hydrogens (tertiary/aromatic N) is 3. The third kappa shape index (κ3) is 3.51. The highest BCUT2D eigenvalue weighted by Gasteiger charge is 2.32. The molecular weight excluding hydrogens is 426 g/mol. The summed E-state index contributed by atoms with van der Waals surface area (Å²) in [4.78, 5) is 14.0. The van der Waals surface area contributed by atoms with E-state index in [1.165, 1.54) is 0 Å². The Balaban J connectivity index is 1.56. The Morgan fingerprint density at radius 2 is 1.64 bits per heavy atom. The fourth-order valence-corrected chi connectivity index (χ4v) is 5.20. The number of ketones is 1. The first kappa shape index (κ1) is 20.5. The highest BCUT2D eigenvalue weighted by atomic mass is 32.1. The third-order valence-electron chi connectivity index (χ3n) is 5.75. The average Bonchev–Trinajstić information content (AvgIpc) is 3.46. The molecule has 4 aromatic rings. The normalized spacial score (nSPS) is 14.1. The van der Waals surface area contributed by atoms with Gasteiger partial charge in [0.25, 0.3) is 0 Å². The molecule has 0 saturated heterocycles. The van der Waals surface area contributed by atoms with Crippen LogP contribution in [0.2, 0.25) is 0 Å². The van der Waals surface area contributed by atoms with Crippen molar-refractivity contribution in [3.63, 3.8) is 0 Å². The Morgan fingerprint density at radius 3 is 2.33 bits per heavy atom. The maximum atomic E-state index is 13.1. The molecule has 0 aliphatic heterocycles. The number of carbonyl (C=O) groups excluding carboxylic acids is 1. The number of aryl methyl sites for hydroxylation is 1. The molecule has 0 spiro atoms. The van der Waals surface area contributed by atoms with Gasteiger partial charge in [-0.3, -0.25) is 4.79 Å². The number of hydrogen-bond donors (Lipinski definition) is 0. The first-order chi connectivity index (χ1) is 16.1. The van der Waals surface area contributed by atoms with Gasteiger partial charge in [0, 0.05) is 34.3 Å². The van der Waals surface area contributed by atoms with Gasteiger partial charge in [0.15, 0.2) is 5.78 Å². The van der Waals surface area contributed by atoms with E-state index < -0.39 is 0 Å². The van der Waals surface area contributed by atoms with E-state index in [9.17, 15) is 15.3 Å². The minimum atomic E-state index is -0.160. The molecule has 2 aromatic carbocycles. The number of Topliss-reactive ketones (excluding diaryl/α,β-unsaturated/α-hetero) is 1. The minimum Gasteiger partial charge on any atom is -0.343 e. The SMILES string of the molecule is Cn1c(/C=C/c2ccccc2)cc2sc(/C=C3\C(=O)c4ccccc4C3=C(C#N)C#N)cc21. The van der Waals surface area contributed by atoms with Crippen molar-refractivity contribution in [1.29, 1.82) is 10.5 Å². The van der Waals surface area contributed by atoms with E-state index in [2.05, 4.69) is 34.9 Å². The van der Waals surface area contributed by atoms with Gasteiger partial charge in [-0.2, -0.15) is 10.5 Å². The van der Waals surface area contributed by atoms with Gasteiger partial charge >= 0.3 is 0 Å². The van der Waals surface area contributed by atoms with Crippen molar-refractivity contribution >= 4 is 51.1 Å². The van der Waals surface area contributed by atoms with Crippen LogP contribution in [0.25, 0.3) is 34.0 Å². The predicted molar refractivity (Wildman–Crippen MR) is 133 cm³/mol. The van der Waals surface area contributed by atoms with Crippen molar-refractivity contribution < 1.29 is 4.79 Å². The first-order valence-electron chi connectivity index (χ1n) is 10.3. The van der Waals surface area contributed by atoms with Crippen molar-refractivity contribution in [1.82, 2.24) is 4.57 Å². The molecule has 0 bridgehead atoms. The molecule has 33 heavy (non-hydrogen) atoms. The third-order valence-corrected chi connectivity index (χ3v) is 6.77. The van der Waals surface area contributed by atoms with Gasteiger partial charge < -0.3 is 4.57 Å². The van der Waals surface area contributed by atoms with Gasteiger partial charge in [0.05, 0.1) is 10.2 Å². The molecule has 4 nitrogen and oxygen atoms in total. The topological polar surface area (TPSA) is 69.6 Å². The number of aromatic nitrogens is 1. The lowest BCUT2D eigenvalue weighted by Crippen LogP contribution is -1.95. The van der Waals surface area contributed by atoms with Crippen LogP contribution in [-0.2, 0) is 7.05 Å². The van der Waals surface area contributed by atoms with Crippen molar-refractivity contribution in [3.05, 3.63) is 105 Å². The molecule has 1 aliphatic rings. The van der Waals surface area contributed by atoms with E-state index >= 15 is 0 Å². The van der Waals surface area contributed by atoms with Gasteiger partial charge in [0.2, 0.25) is 0 Å². The zero-order valence-electron chi connectivity index (χ0n) is 17.7. The van der Waals surface area contributed by atoms with Gasteiger partial charge in [-0.05, 0) is 35.4 Å². The molecule has 0 fully saturated rings. The summed E-state index contributed by atoms with van der Waals surface area (Å²) in [6.07, 6.45) is 5.97. The summed E-state index contributed by atoms with van der Waals surface area (Å²) >= 11 is 1.58. The van der Waals surface area contributed by atoms with E-state index in [0.29, 0.717) is 22.3 Å². The van der Waals surface area contributed by atoms with Gasteiger partial charge in [-0.15, -0.1) is 11.3 Å². The Bertz CT molecular complexity index is 1580.